The number of rotatable bonds is 3. The van der Waals surface area contributed by atoms with Crippen molar-refractivity contribution in [1.82, 2.24) is 4.72 Å². The van der Waals surface area contributed by atoms with E-state index in [0.717, 1.165) is 6.07 Å². The molecule has 0 amide bonds. The average molecular weight is 202 g/mol. The van der Waals surface area contributed by atoms with Gasteiger partial charge < -0.3 is 0 Å². The van der Waals surface area contributed by atoms with E-state index < -0.39 is 15.8 Å². The fourth-order valence-electron chi connectivity index (χ4n) is 0.875. The van der Waals surface area contributed by atoms with Crippen molar-refractivity contribution in [1.29, 1.82) is 0 Å². The van der Waals surface area contributed by atoms with E-state index in [1.54, 1.807) is 0 Å². The quantitative estimate of drug-likeness (QED) is 0.792. The molecule has 1 aromatic rings. The Kier molecular flexibility index (Phi) is 3.00. The first-order chi connectivity index (χ1) is 6.08. The third-order valence-electron chi connectivity index (χ3n) is 1.42. The number of hydrogen-bond acceptors (Lipinski definition) is 2. The molecule has 1 N–H and O–H groups in total. The van der Waals surface area contributed by atoms with Gasteiger partial charge in [0.2, 0.25) is 10.0 Å². The normalized spacial score (nSPS) is 11.5. The standard InChI is InChI=1S/C8H9FNO2S/c1-2-10-13(11,12)8-6-4-3-5-7(8)9/h3-6,10H,1-2H2. The molecule has 0 saturated carbocycles. The van der Waals surface area contributed by atoms with E-state index in [0.29, 0.717) is 0 Å². The highest BCUT2D eigenvalue weighted by atomic mass is 32.2. The maximum absolute atomic E-state index is 13.0. The second-order valence-corrected chi connectivity index (χ2v) is 4.06. The molecule has 0 aliphatic heterocycles. The molecule has 0 saturated heterocycles. The Morgan fingerprint density at radius 3 is 2.54 bits per heavy atom. The molecule has 0 aliphatic carbocycles. The maximum atomic E-state index is 13.0. The van der Waals surface area contributed by atoms with Gasteiger partial charge in [-0.3, -0.25) is 0 Å². The molecule has 3 nitrogen and oxygen atoms in total. The minimum atomic E-state index is -3.73. The molecule has 1 aromatic carbocycles. The van der Waals surface area contributed by atoms with E-state index in [2.05, 4.69) is 11.6 Å². The lowest BCUT2D eigenvalue weighted by Crippen LogP contribution is -2.24. The van der Waals surface area contributed by atoms with Crippen molar-refractivity contribution >= 4 is 10.0 Å². The smallest absolute Gasteiger partial charge is 0.211 e. The first-order valence-electron chi connectivity index (χ1n) is 3.61. The van der Waals surface area contributed by atoms with Crippen LogP contribution in [-0.4, -0.2) is 15.0 Å². The van der Waals surface area contributed by atoms with Crippen LogP contribution in [0.4, 0.5) is 4.39 Å². The van der Waals surface area contributed by atoms with Crippen molar-refractivity contribution in [3.05, 3.63) is 37.0 Å². The highest BCUT2D eigenvalue weighted by Crippen LogP contribution is 2.12. The molecule has 71 valence electrons. The van der Waals surface area contributed by atoms with Gasteiger partial charge in [-0.2, -0.15) is 0 Å². The van der Waals surface area contributed by atoms with Crippen LogP contribution >= 0.6 is 0 Å². The number of nitrogens with one attached hydrogen (secondary N) is 1. The fraction of sp³-hybridized carbons (Fsp3) is 0.125. The monoisotopic (exact) mass is 202 g/mol. The summed E-state index contributed by atoms with van der Waals surface area (Å²) in [5.41, 5.74) is 0. The zero-order valence-corrected chi connectivity index (χ0v) is 7.64. The fourth-order valence-corrected chi connectivity index (χ4v) is 1.88. The Balaban J connectivity index is 3.15. The third kappa shape index (κ3) is 2.26. The molecular weight excluding hydrogens is 193 g/mol. The van der Waals surface area contributed by atoms with Crippen LogP contribution in [-0.2, 0) is 10.0 Å². The highest BCUT2D eigenvalue weighted by Gasteiger charge is 2.16. The van der Waals surface area contributed by atoms with E-state index in [4.69, 9.17) is 0 Å². The van der Waals surface area contributed by atoms with E-state index in [1.807, 2.05) is 0 Å². The van der Waals surface area contributed by atoms with Crippen LogP contribution in [0.5, 0.6) is 0 Å². The van der Waals surface area contributed by atoms with E-state index >= 15 is 0 Å². The van der Waals surface area contributed by atoms with Crippen molar-refractivity contribution in [2.24, 2.45) is 0 Å². The molecule has 0 bridgehead atoms. The maximum Gasteiger partial charge on any atom is 0.243 e. The zero-order valence-electron chi connectivity index (χ0n) is 6.83. The first kappa shape index (κ1) is 10.1. The molecule has 0 spiro atoms. The molecule has 0 heterocycles. The van der Waals surface area contributed by atoms with E-state index in [1.165, 1.54) is 18.2 Å². The van der Waals surface area contributed by atoms with Gasteiger partial charge >= 0.3 is 0 Å². The van der Waals surface area contributed by atoms with Crippen LogP contribution in [0, 0.1) is 12.7 Å². The minimum Gasteiger partial charge on any atom is -0.211 e. The molecule has 0 unspecified atom stereocenters. The van der Waals surface area contributed by atoms with Crippen molar-refractivity contribution in [3.8, 4) is 0 Å². The predicted octanol–water partition coefficient (Wildman–Crippen LogP) is 0.938. The summed E-state index contributed by atoms with van der Waals surface area (Å²) in [5.74, 6) is -0.761. The van der Waals surface area contributed by atoms with Gasteiger partial charge in [0.05, 0.1) is 0 Å². The summed E-state index contributed by atoms with van der Waals surface area (Å²) in [5, 5.41) is 0. The lowest BCUT2D eigenvalue weighted by molar-refractivity contribution is 0.559. The van der Waals surface area contributed by atoms with Gasteiger partial charge in [-0.1, -0.05) is 12.1 Å². The second kappa shape index (κ2) is 3.85. The van der Waals surface area contributed by atoms with Crippen LogP contribution in [0.15, 0.2) is 29.2 Å². The number of halogens is 1. The van der Waals surface area contributed by atoms with Crippen LogP contribution < -0.4 is 4.72 Å². The first-order valence-corrected chi connectivity index (χ1v) is 5.09. The number of benzene rings is 1. The topological polar surface area (TPSA) is 46.2 Å². The van der Waals surface area contributed by atoms with E-state index in [9.17, 15) is 12.8 Å². The molecule has 5 heteroatoms. The Labute approximate surface area is 76.6 Å². The summed E-state index contributed by atoms with van der Waals surface area (Å²) in [6, 6.07) is 5.18. The summed E-state index contributed by atoms with van der Waals surface area (Å²) < 4.78 is 37.6. The summed E-state index contributed by atoms with van der Waals surface area (Å²) in [6.45, 7) is 3.31. The van der Waals surface area contributed by atoms with Crippen molar-refractivity contribution in [3.63, 3.8) is 0 Å². The van der Waals surface area contributed by atoms with Gasteiger partial charge in [0, 0.05) is 6.54 Å². The van der Waals surface area contributed by atoms with Crippen molar-refractivity contribution in [2.45, 2.75) is 4.90 Å². The second-order valence-electron chi connectivity index (χ2n) is 2.33. The Morgan fingerprint density at radius 1 is 1.38 bits per heavy atom. The molecule has 0 aromatic heterocycles. The third-order valence-corrected chi connectivity index (χ3v) is 2.91. The van der Waals surface area contributed by atoms with Gasteiger partial charge in [0.1, 0.15) is 10.7 Å². The molecule has 0 atom stereocenters. The highest BCUT2D eigenvalue weighted by molar-refractivity contribution is 7.89. The molecule has 0 fully saturated rings. The Morgan fingerprint density at radius 2 is 2.00 bits per heavy atom. The van der Waals surface area contributed by atoms with Crippen LogP contribution in [0.25, 0.3) is 0 Å². The van der Waals surface area contributed by atoms with Gasteiger partial charge in [-0.05, 0) is 19.1 Å². The molecule has 1 rings (SSSR count). The SMILES string of the molecule is [CH2]CNS(=O)(=O)c1ccccc1F. The molecular formula is C8H9FNO2S. The van der Waals surface area contributed by atoms with E-state index in [-0.39, 0.29) is 11.4 Å². The van der Waals surface area contributed by atoms with Gasteiger partial charge in [-0.15, -0.1) is 0 Å². The van der Waals surface area contributed by atoms with Gasteiger partial charge in [0.25, 0.3) is 0 Å². The lowest BCUT2D eigenvalue weighted by Gasteiger charge is -2.04. The van der Waals surface area contributed by atoms with Gasteiger partial charge in [0.15, 0.2) is 0 Å². The number of hydrogen-bond donors (Lipinski definition) is 1. The predicted molar refractivity (Wildman–Crippen MR) is 46.9 cm³/mol. The number of sulfonamides is 1. The largest absolute Gasteiger partial charge is 0.243 e. The van der Waals surface area contributed by atoms with Gasteiger partial charge in [-0.25, -0.2) is 17.5 Å². The summed E-state index contributed by atoms with van der Waals surface area (Å²) >= 11 is 0. The summed E-state index contributed by atoms with van der Waals surface area (Å²) in [6.07, 6.45) is 0. The Bertz CT molecular complexity index is 389. The average Bonchev–Trinajstić information content (AvgIpc) is 2.04. The summed E-state index contributed by atoms with van der Waals surface area (Å²) in [7, 11) is -3.73. The van der Waals surface area contributed by atoms with Crippen molar-refractivity contribution in [2.75, 3.05) is 6.54 Å². The van der Waals surface area contributed by atoms with Crippen molar-refractivity contribution < 1.29 is 12.8 Å². The van der Waals surface area contributed by atoms with Crippen LogP contribution in [0.1, 0.15) is 0 Å². The molecule has 1 radical (unpaired) electrons. The molecule has 13 heavy (non-hydrogen) atoms. The summed E-state index contributed by atoms with van der Waals surface area (Å²) in [4.78, 5) is -0.348. The molecule has 0 aliphatic rings. The Hall–Kier alpha value is -0.940. The van der Waals surface area contributed by atoms with Crippen LogP contribution in [0.2, 0.25) is 0 Å². The zero-order chi connectivity index (χ0) is 9.90. The lowest BCUT2D eigenvalue weighted by atomic mass is 10.4. The minimum absolute atomic E-state index is 0.00331. The van der Waals surface area contributed by atoms with Crippen LogP contribution in [0.3, 0.4) is 0 Å².